The summed E-state index contributed by atoms with van der Waals surface area (Å²) in [6, 6.07) is 18.3. The molecule has 114 valence electrons. The van der Waals surface area contributed by atoms with Crippen LogP contribution in [0.25, 0.3) is 43.9 Å². The number of rotatable bonds is 0. The van der Waals surface area contributed by atoms with E-state index >= 15 is 0 Å². The van der Waals surface area contributed by atoms with E-state index in [2.05, 4.69) is 40.2 Å². The van der Waals surface area contributed by atoms with Crippen LogP contribution in [-0.2, 0) is 0 Å². The quantitative estimate of drug-likeness (QED) is 0.288. The molecule has 0 saturated carbocycles. The lowest BCUT2D eigenvalue weighted by Gasteiger charge is -1.91. The lowest BCUT2D eigenvalue weighted by molar-refractivity contribution is 0.664. The number of fused-ring (bicyclic) bond motifs is 6. The largest absolute Gasteiger partial charge is 0.456 e. The van der Waals surface area contributed by atoms with E-state index < -0.39 is 0 Å². The van der Waals surface area contributed by atoms with Gasteiger partial charge in [-0.15, -0.1) is 0 Å². The highest BCUT2D eigenvalue weighted by Gasteiger charge is 2.12. The van der Waals surface area contributed by atoms with Gasteiger partial charge in [0.2, 0.25) is 0 Å². The summed E-state index contributed by atoms with van der Waals surface area (Å²) in [5, 5.41) is 4.40. The fourth-order valence-electron chi connectivity index (χ4n) is 2.97. The van der Waals surface area contributed by atoms with Crippen LogP contribution in [0.1, 0.15) is 13.8 Å². The Morgan fingerprint density at radius 1 is 0.609 bits per heavy atom. The Labute approximate surface area is 141 Å². The Bertz CT molecular complexity index is 1150. The lowest BCUT2D eigenvalue weighted by Crippen LogP contribution is -1.69. The van der Waals surface area contributed by atoms with Gasteiger partial charge >= 0.3 is 0 Å². The van der Waals surface area contributed by atoms with E-state index in [1.165, 1.54) is 0 Å². The standard InChI is InChI=1S/C18H9BrO2.C2H6/c19-10-5-6-16-12(7-10)14-9-17-13(8-18(14)21-16)11-3-1-2-4-15(11)20-17;1-2/h1-9H;1-2H3. The molecule has 3 heteroatoms. The van der Waals surface area contributed by atoms with Gasteiger partial charge in [-0.1, -0.05) is 48.0 Å². The number of hydrogen-bond donors (Lipinski definition) is 0. The molecule has 0 radical (unpaired) electrons. The van der Waals surface area contributed by atoms with Gasteiger partial charge in [-0.2, -0.15) is 0 Å². The minimum absolute atomic E-state index is 0.891. The van der Waals surface area contributed by atoms with E-state index in [1.54, 1.807) is 0 Å². The minimum Gasteiger partial charge on any atom is -0.456 e. The summed E-state index contributed by atoms with van der Waals surface area (Å²) < 4.78 is 13.0. The summed E-state index contributed by atoms with van der Waals surface area (Å²) in [7, 11) is 0. The van der Waals surface area contributed by atoms with Gasteiger partial charge in [0.05, 0.1) is 0 Å². The fraction of sp³-hybridized carbons (Fsp3) is 0.100. The van der Waals surface area contributed by atoms with Crippen LogP contribution in [0.5, 0.6) is 0 Å². The maximum Gasteiger partial charge on any atom is 0.136 e. The fourth-order valence-corrected chi connectivity index (χ4v) is 3.33. The van der Waals surface area contributed by atoms with Crippen molar-refractivity contribution in [3.05, 3.63) is 59.1 Å². The molecule has 0 atom stereocenters. The van der Waals surface area contributed by atoms with Crippen LogP contribution in [-0.4, -0.2) is 0 Å². The van der Waals surface area contributed by atoms with E-state index in [-0.39, 0.29) is 0 Å². The summed E-state index contributed by atoms with van der Waals surface area (Å²) in [6.45, 7) is 4.00. The van der Waals surface area contributed by atoms with Gasteiger partial charge in [0, 0.05) is 26.0 Å². The van der Waals surface area contributed by atoms with Crippen molar-refractivity contribution in [1.29, 1.82) is 0 Å². The van der Waals surface area contributed by atoms with E-state index in [1.807, 2.05) is 44.2 Å². The molecule has 3 aromatic carbocycles. The molecule has 0 aliphatic rings. The number of halogens is 1. The topological polar surface area (TPSA) is 26.3 Å². The van der Waals surface area contributed by atoms with Gasteiger partial charge in [-0.05, 0) is 36.4 Å². The van der Waals surface area contributed by atoms with Gasteiger partial charge in [0.1, 0.15) is 22.3 Å². The van der Waals surface area contributed by atoms with Crippen LogP contribution >= 0.6 is 15.9 Å². The molecule has 23 heavy (non-hydrogen) atoms. The van der Waals surface area contributed by atoms with Gasteiger partial charge in [-0.3, -0.25) is 0 Å². The van der Waals surface area contributed by atoms with Crippen molar-refractivity contribution in [2.45, 2.75) is 13.8 Å². The molecule has 0 amide bonds. The van der Waals surface area contributed by atoms with Gasteiger partial charge in [-0.25, -0.2) is 0 Å². The highest BCUT2D eigenvalue weighted by molar-refractivity contribution is 9.10. The van der Waals surface area contributed by atoms with Crippen molar-refractivity contribution in [2.24, 2.45) is 0 Å². The third-order valence-corrected chi connectivity index (χ3v) is 4.42. The first-order chi connectivity index (χ1) is 11.3. The number of benzene rings is 3. The van der Waals surface area contributed by atoms with Crippen molar-refractivity contribution >= 4 is 59.8 Å². The summed E-state index contributed by atoms with van der Waals surface area (Å²) in [5.74, 6) is 0. The Morgan fingerprint density at radius 3 is 1.91 bits per heavy atom. The third kappa shape index (κ3) is 2.15. The highest BCUT2D eigenvalue weighted by atomic mass is 79.9. The zero-order valence-electron chi connectivity index (χ0n) is 12.9. The molecular formula is C20H15BrO2. The van der Waals surface area contributed by atoms with Crippen molar-refractivity contribution in [3.63, 3.8) is 0 Å². The normalized spacial score (nSPS) is 11.3. The molecule has 2 aromatic heterocycles. The van der Waals surface area contributed by atoms with Gasteiger partial charge in [0.15, 0.2) is 0 Å². The molecule has 0 bridgehead atoms. The monoisotopic (exact) mass is 366 g/mol. The Hall–Kier alpha value is -2.26. The second-order valence-electron chi connectivity index (χ2n) is 5.19. The number of hydrogen-bond acceptors (Lipinski definition) is 2. The first-order valence-electron chi connectivity index (χ1n) is 7.73. The Balaban J connectivity index is 0.000000652. The summed E-state index contributed by atoms with van der Waals surface area (Å²) >= 11 is 3.52. The average Bonchev–Trinajstić information content (AvgIpc) is 3.12. The Morgan fingerprint density at radius 2 is 1.17 bits per heavy atom. The highest BCUT2D eigenvalue weighted by Crippen LogP contribution is 2.37. The molecule has 0 aliphatic carbocycles. The molecular weight excluding hydrogens is 352 g/mol. The zero-order chi connectivity index (χ0) is 16.0. The predicted octanol–water partition coefficient (Wildman–Crippen LogP) is 7.27. The SMILES string of the molecule is Brc1ccc2oc3cc4c(cc3c2c1)oc1ccccc14.CC. The molecule has 2 heterocycles. The first-order valence-corrected chi connectivity index (χ1v) is 8.52. The summed E-state index contributed by atoms with van der Waals surface area (Å²) in [5.41, 5.74) is 3.59. The van der Waals surface area contributed by atoms with Crippen LogP contribution in [0, 0.1) is 0 Å². The van der Waals surface area contributed by atoms with Crippen LogP contribution in [0.2, 0.25) is 0 Å². The maximum absolute atomic E-state index is 5.97. The summed E-state index contributed by atoms with van der Waals surface area (Å²) in [4.78, 5) is 0. The van der Waals surface area contributed by atoms with Crippen molar-refractivity contribution < 1.29 is 8.83 Å². The molecule has 5 rings (SSSR count). The van der Waals surface area contributed by atoms with Crippen LogP contribution in [0.15, 0.2) is 67.9 Å². The van der Waals surface area contributed by atoms with E-state index in [4.69, 9.17) is 8.83 Å². The van der Waals surface area contributed by atoms with Gasteiger partial charge in [0.25, 0.3) is 0 Å². The summed E-state index contributed by atoms with van der Waals surface area (Å²) in [6.07, 6.45) is 0. The zero-order valence-corrected chi connectivity index (χ0v) is 14.5. The second kappa shape index (κ2) is 5.43. The van der Waals surface area contributed by atoms with Crippen molar-refractivity contribution in [3.8, 4) is 0 Å². The molecule has 0 N–H and O–H groups in total. The number of furan rings is 2. The van der Waals surface area contributed by atoms with Crippen molar-refractivity contribution in [1.82, 2.24) is 0 Å². The predicted molar refractivity (Wildman–Crippen MR) is 100 cm³/mol. The minimum atomic E-state index is 0.891. The molecule has 0 spiro atoms. The van der Waals surface area contributed by atoms with Gasteiger partial charge < -0.3 is 8.83 Å². The molecule has 0 saturated heterocycles. The van der Waals surface area contributed by atoms with E-state index in [9.17, 15) is 0 Å². The molecule has 2 nitrogen and oxygen atoms in total. The lowest BCUT2D eigenvalue weighted by atomic mass is 10.1. The van der Waals surface area contributed by atoms with E-state index in [0.717, 1.165) is 48.3 Å². The third-order valence-electron chi connectivity index (χ3n) is 3.93. The molecule has 0 unspecified atom stereocenters. The van der Waals surface area contributed by atoms with E-state index in [0.29, 0.717) is 0 Å². The maximum atomic E-state index is 5.97. The second-order valence-corrected chi connectivity index (χ2v) is 6.10. The van der Waals surface area contributed by atoms with Crippen LogP contribution < -0.4 is 0 Å². The first kappa shape index (κ1) is 14.3. The average molecular weight is 367 g/mol. The van der Waals surface area contributed by atoms with Crippen molar-refractivity contribution in [2.75, 3.05) is 0 Å². The molecule has 0 fully saturated rings. The van der Waals surface area contributed by atoms with Crippen LogP contribution in [0.3, 0.4) is 0 Å². The Kier molecular flexibility index (Phi) is 3.38. The smallest absolute Gasteiger partial charge is 0.136 e. The molecule has 5 aromatic rings. The number of para-hydroxylation sites is 1. The van der Waals surface area contributed by atoms with Crippen LogP contribution in [0.4, 0.5) is 0 Å². The molecule has 0 aliphatic heterocycles.